The van der Waals surface area contributed by atoms with Gasteiger partial charge in [-0.1, -0.05) is 110 Å². The summed E-state index contributed by atoms with van der Waals surface area (Å²) in [6, 6.07) is 32.7. The normalized spacial score (nSPS) is 24.3. The summed E-state index contributed by atoms with van der Waals surface area (Å²) >= 11 is 0. The molecule has 2 aliphatic heterocycles. The zero-order valence-electron chi connectivity index (χ0n) is 25.1. The van der Waals surface area contributed by atoms with Crippen LogP contribution in [0.3, 0.4) is 0 Å². The number of hydrogen-bond donors (Lipinski definition) is 0. The molecule has 0 spiro atoms. The molecule has 0 aromatic heterocycles. The van der Waals surface area contributed by atoms with Gasteiger partial charge in [-0.15, -0.1) is 0 Å². The minimum atomic E-state index is -0.904. The Bertz CT molecular complexity index is 1510. The van der Waals surface area contributed by atoms with Crippen molar-refractivity contribution in [2.75, 3.05) is 13.2 Å². The van der Waals surface area contributed by atoms with E-state index in [1.807, 2.05) is 60.7 Å². The number of benzene rings is 4. The highest BCUT2D eigenvalue weighted by Gasteiger charge is 2.48. The zero-order valence-corrected chi connectivity index (χ0v) is 25.1. The van der Waals surface area contributed by atoms with E-state index in [0.717, 1.165) is 22.3 Å². The SMILES string of the molecule is C=Cc1ccc(C(=O)O[C@@H]2COC(c3ccccc3)O[C@H]2[C@@H]2OC(c3ccccc3)OC[C@H]2OC(=O)c2ccc(C=C)cc2)cc1. The zero-order chi connectivity index (χ0) is 31.9. The molecule has 0 N–H and O–H groups in total. The predicted octanol–water partition coefficient (Wildman–Crippen LogP) is 6.95. The van der Waals surface area contributed by atoms with Gasteiger partial charge in [0.15, 0.2) is 24.8 Å². The third-order valence-corrected chi connectivity index (χ3v) is 7.87. The quantitative estimate of drug-likeness (QED) is 0.186. The molecule has 2 unspecified atom stereocenters. The van der Waals surface area contributed by atoms with Crippen molar-refractivity contribution in [1.29, 1.82) is 0 Å². The second kappa shape index (κ2) is 14.5. The van der Waals surface area contributed by atoms with E-state index in [1.165, 1.54) is 0 Å². The van der Waals surface area contributed by atoms with Crippen LogP contribution < -0.4 is 0 Å². The van der Waals surface area contributed by atoms with Crippen LogP contribution in [0.2, 0.25) is 0 Å². The van der Waals surface area contributed by atoms with Crippen LogP contribution in [0.5, 0.6) is 0 Å². The minimum absolute atomic E-state index is 0.0150. The molecule has 2 saturated heterocycles. The first-order chi connectivity index (χ1) is 22.5. The molecule has 0 amide bonds. The Morgan fingerprint density at radius 3 is 1.28 bits per heavy atom. The minimum Gasteiger partial charge on any atom is -0.453 e. The fourth-order valence-electron chi connectivity index (χ4n) is 5.37. The molecule has 0 bridgehead atoms. The molecule has 0 aliphatic carbocycles. The molecule has 0 saturated carbocycles. The maximum absolute atomic E-state index is 13.4. The summed E-state index contributed by atoms with van der Waals surface area (Å²) < 4.78 is 37.3. The van der Waals surface area contributed by atoms with E-state index >= 15 is 0 Å². The van der Waals surface area contributed by atoms with Crippen LogP contribution in [-0.2, 0) is 28.4 Å². The van der Waals surface area contributed by atoms with Crippen molar-refractivity contribution in [2.24, 2.45) is 0 Å². The van der Waals surface area contributed by atoms with Crippen LogP contribution in [0.25, 0.3) is 12.2 Å². The van der Waals surface area contributed by atoms with Crippen molar-refractivity contribution >= 4 is 24.1 Å². The fourth-order valence-corrected chi connectivity index (χ4v) is 5.37. The predicted molar refractivity (Wildman–Crippen MR) is 171 cm³/mol. The van der Waals surface area contributed by atoms with Crippen LogP contribution in [0, 0.1) is 0 Å². The first kappa shape index (κ1) is 31.1. The maximum Gasteiger partial charge on any atom is 0.338 e. The number of carbonyl (C=O) groups excluding carboxylic acids is 2. The average Bonchev–Trinajstić information content (AvgIpc) is 3.12. The average molecular weight is 619 g/mol. The first-order valence-electron chi connectivity index (χ1n) is 15.0. The highest BCUT2D eigenvalue weighted by atomic mass is 16.7. The molecule has 6 rings (SSSR count). The highest BCUT2D eigenvalue weighted by Crippen LogP contribution is 2.37. The van der Waals surface area contributed by atoms with Gasteiger partial charge in [-0.25, -0.2) is 9.59 Å². The molecule has 2 fully saturated rings. The lowest BCUT2D eigenvalue weighted by Gasteiger charge is -2.44. The fraction of sp³-hybridized carbons (Fsp3) is 0.211. The lowest BCUT2D eigenvalue weighted by Crippen LogP contribution is -2.58. The van der Waals surface area contributed by atoms with Crippen LogP contribution in [0.4, 0.5) is 0 Å². The number of rotatable bonds is 9. The molecule has 2 aliphatic rings. The highest BCUT2D eigenvalue weighted by molar-refractivity contribution is 5.90. The van der Waals surface area contributed by atoms with Gasteiger partial charge in [0, 0.05) is 11.1 Å². The van der Waals surface area contributed by atoms with Crippen LogP contribution >= 0.6 is 0 Å². The molecular formula is C38H34O8. The van der Waals surface area contributed by atoms with Crippen molar-refractivity contribution in [3.05, 3.63) is 156 Å². The second-order valence-electron chi connectivity index (χ2n) is 10.9. The molecule has 4 aromatic carbocycles. The Morgan fingerprint density at radius 1 is 0.565 bits per heavy atom. The number of ether oxygens (including phenoxy) is 6. The van der Waals surface area contributed by atoms with Crippen molar-refractivity contribution < 1.29 is 38.0 Å². The van der Waals surface area contributed by atoms with Crippen LogP contribution in [0.1, 0.15) is 55.5 Å². The molecule has 234 valence electrons. The smallest absolute Gasteiger partial charge is 0.338 e. The summed E-state index contributed by atoms with van der Waals surface area (Å²) in [7, 11) is 0. The van der Waals surface area contributed by atoms with Gasteiger partial charge in [-0.2, -0.15) is 0 Å². The van der Waals surface area contributed by atoms with Crippen molar-refractivity contribution in [3.8, 4) is 0 Å². The van der Waals surface area contributed by atoms with Gasteiger partial charge < -0.3 is 28.4 Å². The summed E-state index contributed by atoms with van der Waals surface area (Å²) in [5.41, 5.74) is 4.01. The molecule has 4 aromatic rings. The van der Waals surface area contributed by atoms with Crippen molar-refractivity contribution in [3.63, 3.8) is 0 Å². The monoisotopic (exact) mass is 618 g/mol. The number of hydrogen-bond acceptors (Lipinski definition) is 8. The lowest BCUT2D eigenvalue weighted by atomic mass is 9.99. The van der Waals surface area contributed by atoms with E-state index in [9.17, 15) is 9.59 Å². The Morgan fingerprint density at radius 2 is 0.935 bits per heavy atom. The van der Waals surface area contributed by atoms with E-state index in [4.69, 9.17) is 28.4 Å². The maximum atomic E-state index is 13.4. The van der Waals surface area contributed by atoms with Gasteiger partial charge in [0.2, 0.25) is 0 Å². The summed E-state index contributed by atoms with van der Waals surface area (Å²) in [5, 5.41) is 0. The van der Waals surface area contributed by atoms with Gasteiger partial charge in [-0.05, 0) is 35.4 Å². The van der Waals surface area contributed by atoms with E-state index < -0.39 is 48.9 Å². The number of carbonyl (C=O) groups is 2. The van der Waals surface area contributed by atoms with Crippen molar-refractivity contribution in [1.82, 2.24) is 0 Å². The molecule has 0 radical (unpaired) electrons. The lowest BCUT2D eigenvalue weighted by molar-refractivity contribution is -0.330. The third-order valence-electron chi connectivity index (χ3n) is 7.87. The second-order valence-corrected chi connectivity index (χ2v) is 10.9. The van der Waals surface area contributed by atoms with E-state index in [1.54, 1.807) is 60.7 Å². The largest absolute Gasteiger partial charge is 0.453 e. The Labute approximate surface area is 267 Å². The Balaban J connectivity index is 1.31. The summed E-state index contributed by atoms with van der Waals surface area (Å²) in [6.45, 7) is 7.55. The molecular weight excluding hydrogens is 584 g/mol. The summed E-state index contributed by atoms with van der Waals surface area (Å²) in [4.78, 5) is 26.7. The standard InChI is InChI=1S/C38H34O8/c1-3-25-15-19-27(20-16-25)35(39)43-31-23-41-37(29-11-7-5-8-12-29)45-33(31)34-32(24-42-38(46-34)30-13-9-6-10-14-30)44-36(40)28-21-17-26(4-2)18-22-28/h3-22,31-34,37-38H,1-2,23-24H2/t31-,32-,33-,34-,37?,38?/m1/s1. The summed E-state index contributed by atoms with van der Waals surface area (Å²) in [5.74, 6) is -1.11. The van der Waals surface area contributed by atoms with E-state index in [2.05, 4.69) is 13.2 Å². The van der Waals surface area contributed by atoms with Crippen LogP contribution in [-0.4, -0.2) is 49.6 Å². The van der Waals surface area contributed by atoms with Gasteiger partial charge in [0.05, 0.1) is 24.3 Å². The van der Waals surface area contributed by atoms with Crippen molar-refractivity contribution in [2.45, 2.75) is 37.0 Å². The van der Waals surface area contributed by atoms with Gasteiger partial charge in [-0.3, -0.25) is 0 Å². The van der Waals surface area contributed by atoms with E-state index in [-0.39, 0.29) is 13.2 Å². The van der Waals surface area contributed by atoms with Gasteiger partial charge >= 0.3 is 11.9 Å². The Hall–Kier alpha value is -4.86. The van der Waals surface area contributed by atoms with Gasteiger partial charge in [0.25, 0.3) is 0 Å². The summed E-state index contributed by atoms with van der Waals surface area (Å²) in [6.07, 6.45) is -1.78. The topological polar surface area (TPSA) is 89.5 Å². The molecule has 8 nitrogen and oxygen atoms in total. The van der Waals surface area contributed by atoms with Crippen LogP contribution in [0.15, 0.2) is 122 Å². The number of esters is 2. The van der Waals surface area contributed by atoms with E-state index in [0.29, 0.717) is 11.1 Å². The molecule has 46 heavy (non-hydrogen) atoms. The first-order valence-corrected chi connectivity index (χ1v) is 15.0. The van der Waals surface area contributed by atoms with Gasteiger partial charge in [0.1, 0.15) is 12.2 Å². The molecule has 2 heterocycles. The molecule has 8 heteroatoms. The Kier molecular flexibility index (Phi) is 9.81. The molecule has 6 atom stereocenters. The third kappa shape index (κ3) is 7.17.